The first-order valence-electron chi connectivity index (χ1n) is 8.77. The molecule has 0 aliphatic carbocycles. The van der Waals surface area contributed by atoms with Crippen LogP contribution in [0.1, 0.15) is 15.9 Å². The predicted octanol–water partition coefficient (Wildman–Crippen LogP) is 4.31. The van der Waals surface area contributed by atoms with E-state index in [1.807, 2.05) is 55.5 Å². The molecule has 0 unspecified atom stereocenters. The minimum atomic E-state index is -3.48. The number of amides is 1. The number of carbonyl (C=O) groups excluding carboxylic acids is 1. The summed E-state index contributed by atoms with van der Waals surface area (Å²) in [5, 5.41) is 2.86. The summed E-state index contributed by atoms with van der Waals surface area (Å²) in [5.74, 6) is -0.298. The molecule has 0 aliphatic heterocycles. The molecule has 0 aromatic heterocycles. The SMILES string of the molecule is Cc1ccc(C(=O)Nc2cc(-c3ccccc3)ccc2N(C)S(C)(=O)=O)cc1. The maximum atomic E-state index is 12.7. The van der Waals surface area contributed by atoms with Crippen LogP contribution in [0.2, 0.25) is 0 Å². The van der Waals surface area contributed by atoms with Crippen LogP contribution in [-0.2, 0) is 10.0 Å². The van der Waals surface area contributed by atoms with Crippen LogP contribution in [0.5, 0.6) is 0 Å². The molecule has 0 atom stereocenters. The standard InChI is InChI=1S/C22H22N2O3S/c1-16-9-11-18(12-10-16)22(25)23-20-15-19(17-7-5-4-6-8-17)13-14-21(20)24(2)28(3,26)27/h4-15H,1-3H3,(H,23,25). The molecule has 0 bridgehead atoms. The highest BCUT2D eigenvalue weighted by molar-refractivity contribution is 7.92. The first-order valence-corrected chi connectivity index (χ1v) is 10.6. The Kier molecular flexibility index (Phi) is 5.51. The molecule has 1 N–H and O–H groups in total. The van der Waals surface area contributed by atoms with E-state index in [0.717, 1.165) is 27.3 Å². The normalized spacial score (nSPS) is 11.1. The lowest BCUT2D eigenvalue weighted by Crippen LogP contribution is -2.26. The fraction of sp³-hybridized carbons (Fsp3) is 0.136. The zero-order valence-corrected chi connectivity index (χ0v) is 16.8. The van der Waals surface area contributed by atoms with Crippen LogP contribution < -0.4 is 9.62 Å². The molecule has 144 valence electrons. The van der Waals surface area contributed by atoms with Crippen LogP contribution in [0.15, 0.2) is 72.8 Å². The number of benzene rings is 3. The molecule has 28 heavy (non-hydrogen) atoms. The lowest BCUT2D eigenvalue weighted by atomic mass is 10.0. The van der Waals surface area contributed by atoms with Gasteiger partial charge in [0, 0.05) is 12.6 Å². The molecule has 0 fully saturated rings. The molecular weight excluding hydrogens is 372 g/mol. The second-order valence-corrected chi connectivity index (χ2v) is 8.66. The van der Waals surface area contributed by atoms with E-state index in [1.165, 1.54) is 7.05 Å². The predicted molar refractivity (Wildman–Crippen MR) is 114 cm³/mol. The number of hydrogen-bond donors (Lipinski definition) is 1. The summed E-state index contributed by atoms with van der Waals surface area (Å²) < 4.78 is 25.2. The second kappa shape index (κ2) is 7.86. The summed E-state index contributed by atoms with van der Waals surface area (Å²) in [4.78, 5) is 12.7. The van der Waals surface area contributed by atoms with Crippen molar-refractivity contribution < 1.29 is 13.2 Å². The summed E-state index contributed by atoms with van der Waals surface area (Å²) in [7, 11) is -2.01. The minimum absolute atomic E-state index is 0.298. The van der Waals surface area contributed by atoms with Crippen molar-refractivity contribution in [3.05, 3.63) is 83.9 Å². The number of carbonyl (C=O) groups is 1. The van der Waals surface area contributed by atoms with E-state index in [0.29, 0.717) is 16.9 Å². The molecule has 0 spiro atoms. The van der Waals surface area contributed by atoms with Crippen LogP contribution in [0.4, 0.5) is 11.4 Å². The third-order valence-electron chi connectivity index (χ3n) is 4.50. The molecule has 3 aromatic carbocycles. The molecule has 6 heteroatoms. The van der Waals surface area contributed by atoms with Gasteiger partial charge in [-0.05, 0) is 42.3 Å². The topological polar surface area (TPSA) is 66.5 Å². The summed E-state index contributed by atoms with van der Waals surface area (Å²) >= 11 is 0. The van der Waals surface area contributed by atoms with E-state index in [-0.39, 0.29) is 5.91 Å². The van der Waals surface area contributed by atoms with Gasteiger partial charge in [0.05, 0.1) is 17.6 Å². The molecule has 1 amide bonds. The number of aryl methyl sites for hydroxylation is 1. The Labute approximate surface area is 165 Å². The van der Waals surface area contributed by atoms with Gasteiger partial charge in [-0.25, -0.2) is 8.42 Å². The zero-order chi connectivity index (χ0) is 20.3. The fourth-order valence-corrected chi connectivity index (χ4v) is 3.32. The van der Waals surface area contributed by atoms with Crippen molar-refractivity contribution >= 4 is 27.3 Å². The van der Waals surface area contributed by atoms with Crippen LogP contribution in [-0.4, -0.2) is 27.6 Å². The van der Waals surface area contributed by atoms with Gasteiger partial charge in [-0.15, -0.1) is 0 Å². The molecule has 0 heterocycles. The Balaban J connectivity index is 2.04. The van der Waals surface area contributed by atoms with Gasteiger partial charge in [0.25, 0.3) is 5.91 Å². The van der Waals surface area contributed by atoms with Gasteiger partial charge in [0.15, 0.2) is 0 Å². The number of rotatable bonds is 5. The first kappa shape index (κ1) is 19.6. The lowest BCUT2D eigenvalue weighted by Gasteiger charge is -2.21. The average molecular weight is 394 g/mol. The molecule has 0 radical (unpaired) electrons. The van der Waals surface area contributed by atoms with E-state index in [2.05, 4.69) is 5.32 Å². The zero-order valence-electron chi connectivity index (χ0n) is 16.0. The van der Waals surface area contributed by atoms with Crippen LogP contribution in [0.3, 0.4) is 0 Å². The van der Waals surface area contributed by atoms with Crippen LogP contribution in [0.25, 0.3) is 11.1 Å². The molecule has 3 rings (SSSR count). The largest absolute Gasteiger partial charge is 0.320 e. The number of hydrogen-bond acceptors (Lipinski definition) is 3. The maximum absolute atomic E-state index is 12.7. The van der Waals surface area contributed by atoms with E-state index in [1.54, 1.807) is 24.3 Å². The number of nitrogens with one attached hydrogen (secondary N) is 1. The van der Waals surface area contributed by atoms with Crippen molar-refractivity contribution in [1.29, 1.82) is 0 Å². The van der Waals surface area contributed by atoms with Gasteiger partial charge in [-0.2, -0.15) is 0 Å². The molecule has 0 saturated heterocycles. The Morgan fingerprint density at radius 2 is 1.54 bits per heavy atom. The molecule has 0 aliphatic rings. The Morgan fingerprint density at radius 1 is 0.893 bits per heavy atom. The summed E-state index contributed by atoms with van der Waals surface area (Å²) in [5.41, 5.74) is 4.25. The van der Waals surface area contributed by atoms with Crippen molar-refractivity contribution in [2.75, 3.05) is 22.9 Å². The van der Waals surface area contributed by atoms with Crippen molar-refractivity contribution in [1.82, 2.24) is 0 Å². The Hall–Kier alpha value is -3.12. The van der Waals surface area contributed by atoms with E-state index >= 15 is 0 Å². The second-order valence-electron chi connectivity index (χ2n) is 6.65. The minimum Gasteiger partial charge on any atom is -0.320 e. The van der Waals surface area contributed by atoms with Crippen LogP contribution in [0, 0.1) is 6.92 Å². The summed E-state index contributed by atoms with van der Waals surface area (Å²) in [6, 6.07) is 22.2. The quantitative estimate of drug-likeness (QED) is 0.701. The molecule has 3 aromatic rings. The number of nitrogens with zero attached hydrogens (tertiary/aromatic N) is 1. The Bertz CT molecular complexity index is 1090. The van der Waals surface area contributed by atoms with E-state index in [4.69, 9.17) is 0 Å². The highest BCUT2D eigenvalue weighted by Gasteiger charge is 2.18. The van der Waals surface area contributed by atoms with Gasteiger partial charge >= 0.3 is 0 Å². The summed E-state index contributed by atoms with van der Waals surface area (Å²) in [6.07, 6.45) is 1.13. The van der Waals surface area contributed by atoms with Crippen molar-refractivity contribution in [3.63, 3.8) is 0 Å². The van der Waals surface area contributed by atoms with Crippen molar-refractivity contribution in [3.8, 4) is 11.1 Å². The summed E-state index contributed by atoms with van der Waals surface area (Å²) in [6.45, 7) is 1.95. The monoisotopic (exact) mass is 394 g/mol. The van der Waals surface area contributed by atoms with Gasteiger partial charge < -0.3 is 5.32 Å². The highest BCUT2D eigenvalue weighted by Crippen LogP contribution is 2.32. The molecular formula is C22H22N2O3S. The number of anilines is 2. The molecule has 5 nitrogen and oxygen atoms in total. The van der Waals surface area contributed by atoms with Gasteiger partial charge in [0.2, 0.25) is 10.0 Å². The van der Waals surface area contributed by atoms with Crippen LogP contribution >= 0.6 is 0 Å². The third kappa shape index (κ3) is 4.40. The maximum Gasteiger partial charge on any atom is 0.255 e. The van der Waals surface area contributed by atoms with Crippen molar-refractivity contribution in [2.24, 2.45) is 0 Å². The molecule has 0 saturated carbocycles. The van der Waals surface area contributed by atoms with E-state index in [9.17, 15) is 13.2 Å². The van der Waals surface area contributed by atoms with E-state index < -0.39 is 10.0 Å². The average Bonchev–Trinajstić information content (AvgIpc) is 2.68. The van der Waals surface area contributed by atoms with Gasteiger partial charge in [-0.1, -0.05) is 54.1 Å². The number of sulfonamides is 1. The lowest BCUT2D eigenvalue weighted by molar-refractivity contribution is 0.102. The third-order valence-corrected chi connectivity index (χ3v) is 5.69. The fourth-order valence-electron chi connectivity index (χ4n) is 2.80. The smallest absolute Gasteiger partial charge is 0.255 e. The van der Waals surface area contributed by atoms with Gasteiger partial charge in [-0.3, -0.25) is 9.10 Å². The Morgan fingerprint density at radius 3 is 2.14 bits per heavy atom. The van der Waals surface area contributed by atoms with Gasteiger partial charge in [0.1, 0.15) is 0 Å². The highest BCUT2D eigenvalue weighted by atomic mass is 32.2. The van der Waals surface area contributed by atoms with Crippen molar-refractivity contribution in [2.45, 2.75) is 6.92 Å². The first-order chi connectivity index (χ1) is 13.3.